The van der Waals surface area contributed by atoms with Crippen molar-refractivity contribution in [3.8, 4) is 0 Å². The van der Waals surface area contributed by atoms with Crippen LogP contribution >= 0.6 is 0 Å². The Bertz CT molecular complexity index is 319. The summed E-state index contributed by atoms with van der Waals surface area (Å²) in [6.45, 7) is 2.03. The molecular formula is C13H20N2O. The minimum Gasteiger partial charge on any atom is -0.373 e. The van der Waals surface area contributed by atoms with Crippen LogP contribution in [0.1, 0.15) is 5.56 Å². The highest BCUT2D eigenvalue weighted by atomic mass is 16.1. The zero-order valence-corrected chi connectivity index (χ0v) is 10.3. The highest BCUT2D eigenvalue weighted by Gasteiger charge is 2.01. The first-order valence-corrected chi connectivity index (χ1v) is 5.52. The number of hydrogen-bond donors (Lipinski definition) is 0. The average molecular weight is 220 g/mol. The normalized spacial score (nSPS) is 10.5. The van der Waals surface area contributed by atoms with E-state index in [1.165, 1.54) is 5.69 Å². The van der Waals surface area contributed by atoms with Gasteiger partial charge in [-0.3, -0.25) is 0 Å². The molecule has 16 heavy (non-hydrogen) atoms. The van der Waals surface area contributed by atoms with E-state index < -0.39 is 0 Å². The van der Waals surface area contributed by atoms with Crippen molar-refractivity contribution in [3.63, 3.8) is 0 Å². The minimum atomic E-state index is 0.502. The molecule has 0 heterocycles. The van der Waals surface area contributed by atoms with Crippen molar-refractivity contribution in [1.29, 1.82) is 0 Å². The Kier molecular flexibility index (Phi) is 4.99. The second kappa shape index (κ2) is 6.28. The van der Waals surface area contributed by atoms with Crippen LogP contribution < -0.4 is 4.90 Å². The molecule has 0 atom stereocenters. The van der Waals surface area contributed by atoms with Crippen molar-refractivity contribution in [3.05, 3.63) is 29.8 Å². The van der Waals surface area contributed by atoms with Crippen molar-refractivity contribution in [1.82, 2.24) is 4.90 Å². The van der Waals surface area contributed by atoms with Crippen LogP contribution in [0.25, 0.3) is 0 Å². The highest BCUT2D eigenvalue weighted by molar-refractivity contribution is 5.56. The number of hydrogen-bond acceptors (Lipinski definition) is 3. The van der Waals surface area contributed by atoms with Crippen molar-refractivity contribution >= 4 is 12.0 Å². The van der Waals surface area contributed by atoms with E-state index in [0.29, 0.717) is 6.42 Å². The molecular weight excluding hydrogens is 200 g/mol. The molecule has 0 amide bonds. The standard InChI is InChI=1S/C13H20N2O/c1-14(2)9-10-15(3)13-6-4-12(5-7-13)8-11-16/h4-7,11H,8-10H2,1-3H3. The number of aldehydes is 1. The quantitative estimate of drug-likeness (QED) is 0.678. The van der Waals surface area contributed by atoms with Gasteiger partial charge in [-0.2, -0.15) is 0 Å². The third kappa shape index (κ3) is 4.03. The highest BCUT2D eigenvalue weighted by Crippen LogP contribution is 2.13. The Labute approximate surface area is 97.7 Å². The Hall–Kier alpha value is -1.35. The van der Waals surface area contributed by atoms with Crippen LogP contribution in [0.4, 0.5) is 5.69 Å². The summed E-state index contributed by atoms with van der Waals surface area (Å²) in [6.07, 6.45) is 1.44. The number of likely N-dealkylation sites (N-methyl/N-ethyl adjacent to an activating group) is 2. The van der Waals surface area contributed by atoms with Gasteiger partial charge in [0.2, 0.25) is 0 Å². The van der Waals surface area contributed by atoms with Gasteiger partial charge >= 0.3 is 0 Å². The maximum atomic E-state index is 10.4. The maximum absolute atomic E-state index is 10.4. The third-order valence-electron chi connectivity index (χ3n) is 2.58. The van der Waals surface area contributed by atoms with Gasteiger partial charge in [0, 0.05) is 32.2 Å². The number of rotatable bonds is 6. The topological polar surface area (TPSA) is 23.6 Å². The van der Waals surface area contributed by atoms with Crippen LogP contribution in [0, 0.1) is 0 Å². The van der Waals surface area contributed by atoms with Gasteiger partial charge in [-0.15, -0.1) is 0 Å². The Morgan fingerprint density at radius 1 is 1.06 bits per heavy atom. The van der Waals surface area contributed by atoms with E-state index in [0.717, 1.165) is 24.9 Å². The predicted octanol–water partition coefficient (Wildman–Crippen LogP) is 1.43. The average Bonchev–Trinajstić information content (AvgIpc) is 2.27. The summed E-state index contributed by atoms with van der Waals surface area (Å²) in [5.74, 6) is 0. The van der Waals surface area contributed by atoms with E-state index in [2.05, 4.69) is 43.1 Å². The lowest BCUT2D eigenvalue weighted by atomic mass is 10.1. The van der Waals surface area contributed by atoms with E-state index in [1.54, 1.807) is 0 Å². The largest absolute Gasteiger partial charge is 0.373 e. The first-order chi connectivity index (χ1) is 7.63. The lowest BCUT2D eigenvalue weighted by Crippen LogP contribution is -2.28. The SMILES string of the molecule is CN(C)CCN(C)c1ccc(CC=O)cc1. The summed E-state index contributed by atoms with van der Waals surface area (Å²) in [6, 6.07) is 8.15. The Morgan fingerprint density at radius 2 is 1.69 bits per heavy atom. The van der Waals surface area contributed by atoms with E-state index in [1.807, 2.05) is 12.1 Å². The van der Waals surface area contributed by atoms with Gasteiger partial charge in [0.25, 0.3) is 0 Å². The summed E-state index contributed by atoms with van der Waals surface area (Å²) in [5, 5.41) is 0. The second-order valence-corrected chi connectivity index (χ2v) is 4.26. The number of anilines is 1. The summed E-state index contributed by atoms with van der Waals surface area (Å²) in [7, 11) is 6.22. The molecule has 0 radical (unpaired) electrons. The molecule has 1 aromatic carbocycles. The molecule has 0 fully saturated rings. The van der Waals surface area contributed by atoms with E-state index in [9.17, 15) is 4.79 Å². The molecule has 0 unspecified atom stereocenters. The van der Waals surface area contributed by atoms with Crippen molar-refractivity contribution in [2.24, 2.45) is 0 Å². The third-order valence-corrected chi connectivity index (χ3v) is 2.58. The Balaban J connectivity index is 2.55. The minimum absolute atomic E-state index is 0.502. The molecule has 0 aliphatic rings. The van der Waals surface area contributed by atoms with E-state index in [4.69, 9.17) is 0 Å². The fourth-order valence-electron chi connectivity index (χ4n) is 1.46. The van der Waals surface area contributed by atoms with Crippen LogP contribution in [0.5, 0.6) is 0 Å². The molecule has 0 bridgehead atoms. The second-order valence-electron chi connectivity index (χ2n) is 4.26. The van der Waals surface area contributed by atoms with Gasteiger partial charge in [-0.05, 0) is 31.8 Å². The predicted molar refractivity (Wildman–Crippen MR) is 68.0 cm³/mol. The van der Waals surface area contributed by atoms with Gasteiger partial charge in [0.1, 0.15) is 6.29 Å². The molecule has 3 nitrogen and oxygen atoms in total. The van der Waals surface area contributed by atoms with Gasteiger partial charge in [-0.1, -0.05) is 12.1 Å². The number of benzene rings is 1. The lowest BCUT2D eigenvalue weighted by molar-refractivity contribution is -0.107. The molecule has 0 saturated heterocycles. The van der Waals surface area contributed by atoms with Crippen LogP contribution in [0.3, 0.4) is 0 Å². The summed E-state index contributed by atoms with van der Waals surface area (Å²) < 4.78 is 0. The zero-order valence-electron chi connectivity index (χ0n) is 10.3. The molecule has 0 N–H and O–H groups in total. The van der Waals surface area contributed by atoms with Crippen molar-refractivity contribution in [2.75, 3.05) is 39.1 Å². The van der Waals surface area contributed by atoms with Crippen LogP contribution in [0.2, 0.25) is 0 Å². The molecule has 0 spiro atoms. The smallest absolute Gasteiger partial charge is 0.124 e. The van der Waals surface area contributed by atoms with Gasteiger partial charge in [0.05, 0.1) is 0 Å². The van der Waals surface area contributed by atoms with Crippen LogP contribution in [0.15, 0.2) is 24.3 Å². The van der Waals surface area contributed by atoms with Crippen molar-refractivity contribution in [2.45, 2.75) is 6.42 Å². The fraction of sp³-hybridized carbons (Fsp3) is 0.462. The molecule has 0 saturated carbocycles. The lowest BCUT2D eigenvalue weighted by Gasteiger charge is -2.21. The molecule has 0 aliphatic carbocycles. The summed E-state index contributed by atoms with van der Waals surface area (Å²) in [5.41, 5.74) is 2.26. The fourth-order valence-corrected chi connectivity index (χ4v) is 1.46. The number of carbonyl (C=O) groups is 1. The van der Waals surface area contributed by atoms with Crippen molar-refractivity contribution < 1.29 is 4.79 Å². The molecule has 88 valence electrons. The molecule has 0 aromatic heterocycles. The van der Waals surface area contributed by atoms with Gasteiger partial charge in [-0.25, -0.2) is 0 Å². The van der Waals surface area contributed by atoms with Crippen LogP contribution in [-0.4, -0.2) is 45.4 Å². The first-order valence-electron chi connectivity index (χ1n) is 5.52. The van der Waals surface area contributed by atoms with Crippen LogP contribution in [-0.2, 0) is 11.2 Å². The van der Waals surface area contributed by atoms with Gasteiger partial charge < -0.3 is 14.6 Å². The van der Waals surface area contributed by atoms with E-state index >= 15 is 0 Å². The Morgan fingerprint density at radius 3 is 2.19 bits per heavy atom. The number of nitrogens with zero attached hydrogens (tertiary/aromatic N) is 2. The van der Waals surface area contributed by atoms with Gasteiger partial charge in [0.15, 0.2) is 0 Å². The summed E-state index contributed by atoms with van der Waals surface area (Å²) in [4.78, 5) is 14.7. The number of carbonyl (C=O) groups excluding carboxylic acids is 1. The summed E-state index contributed by atoms with van der Waals surface area (Å²) >= 11 is 0. The maximum Gasteiger partial charge on any atom is 0.124 e. The molecule has 1 rings (SSSR count). The first kappa shape index (κ1) is 12.7. The molecule has 0 aliphatic heterocycles. The monoisotopic (exact) mass is 220 g/mol. The molecule has 1 aromatic rings. The zero-order chi connectivity index (χ0) is 12.0. The van der Waals surface area contributed by atoms with E-state index in [-0.39, 0.29) is 0 Å². The molecule has 3 heteroatoms.